The number of nitrogens with zero attached hydrogens (tertiary/aromatic N) is 2. The van der Waals surface area contributed by atoms with Crippen molar-refractivity contribution in [1.82, 2.24) is 15.1 Å². The predicted octanol–water partition coefficient (Wildman–Crippen LogP) is 0.777. The van der Waals surface area contributed by atoms with Crippen molar-refractivity contribution in [1.29, 1.82) is 0 Å². The minimum Gasteiger partial charge on any atom is -0.396 e. The third-order valence-electron chi connectivity index (χ3n) is 1.68. The highest BCUT2D eigenvalue weighted by atomic mass is 19.4. The van der Waals surface area contributed by atoms with Gasteiger partial charge in [0.25, 0.3) is 5.91 Å². The Labute approximate surface area is 89.4 Å². The Bertz CT molecular complexity index is 385. The normalized spacial score (nSPS) is 11.5. The Balaban J connectivity index is 2.86. The van der Waals surface area contributed by atoms with Gasteiger partial charge in [-0.2, -0.15) is 18.3 Å². The Kier molecular flexibility index (Phi) is 3.41. The van der Waals surface area contributed by atoms with E-state index in [1.54, 1.807) is 6.92 Å². The van der Waals surface area contributed by atoms with Crippen LogP contribution in [-0.2, 0) is 6.54 Å². The van der Waals surface area contributed by atoms with Gasteiger partial charge in [0.1, 0.15) is 6.54 Å². The summed E-state index contributed by atoms with van der Waals surface area (Å²) in [6.45, 7) is 0.766. The Morgan fingerprint density at radius 2 is 2.25 bits per heavy atom. The molecule has 0 unspecified atom stereocenters. The van der Waals surface area contributed by atoms with Crippen LogP contribution >= 0.6 is 0 Å². The van der Waals surface area contributed by atoms with Gasteiger partial charge in [0, 0.05) is 12.7 Å². The molecule has 0 aliphatic carbocycles. The molecule has 0 bridgehead atoms. The molecule has 0 saturated heterocycles. The molecule has 1 aromatic rings. The Morgan fingerprint density at radius 1 is 1.62 bits per heavy atom. The van der Waals surface area contributed by atoms with Crippen molar-refractivity contribution in [3.8, 4) is 0 Å². The maximum absolute atomic E-state index is 12.0. The first-order valence-electron chi connectivity index (χ1n) is 4.51. The number of aromatic nitrogens is 2. The number of nitrogens with two attached hydrogens (primary N) is 1. The van der Waals surface area contributed by atoms with E-state index in [1.807, 2.05) is 0 Å². The molecular formula is C8H11F3N4O. The summed E-state index contributed by atoms with van der Waals surface area (Å²) in [6.07, 6.45) is -3.41. The summed E-state index contributed by atoms with van der Waals surface area (Å²) < 4.78 is 36.7. The lowest BCUT2D eigenvalue weighted by molar-refractivity contribution is -0.142. The molecule has 0 aliphatic heterocycles. The molecule has 0 spiro atoms. The third-order valence-corrected chi connectivity index (χ3v) is 1.68. The van der Waals surface area contributed by atoms with Crippen LogP contribution in [0, 0.1) is 0 Å². The van der Waals surface area contributed by atoms with E-state index in [4.69, 9.17) is 5.73 Å². The number of alkyl halides is 3. The van der Waals surface area contributed by atoms with Crippen molar-refractivity contribution in [2.45, 2.75) is 19.6 Å². The summed E-state index contributed by atoms with van der Waals surface area (Å²) in [5.74, 6) is -0.582. The van der Waals surface area contributed by atoms with E-state index in [-0.39, 0.29) is 11.4 Å². The lowest BCUT2D eigenvalue weighted by Crippen LogP contribution is -2.24. The lowest BCUT2D eigenvalue weighted by Gasteiger charge is -2.05. The number of halogens is 3. The number of hydrogen-bond donors (Lipinski definition) is 2. The third kappa shape index (κ3) is 3.14. The van der Waals surface area contributed by atoms with Gasteiger partial charge in [-0.3, -0.25) is 9.48 Å². The predicted molar refractivity (Wildman–Crippen MR) is 50.7 cm³/mol. The van der Waals surface area contributed by atoms with Gasteiger partial charge in [-0.15, -0.1) is 0 Å². The lowest BCUT2D eigenvalue weighted by atomic mass is 10.3. The van der Waals surface area contributed by atoms with Crippen LogP contribution in [0.25, 0.3) is 0 Å². The number of hydrogen-bond acceptors (Lipinski definition) is 3. The quantitative estimate of drug-likeness (QED) is 0.814. The van der Waals surface area contributed by atoms with Gasteiger partial charge in [0.2, 0.25) is 0 Å². The largest absolute Gasteiger partial charge is 0.408 e. The van der Waals surface area contributed by atoms with Gasteiger partial charge in [-0.1, -0.05) is 0 Å². The molecule has 8 heteroatoms. The number of nitrogen functional groups attached to an aromatic ring is 1. The average Bonchev–Trinajstić information content (AvgIpc) is 2.44. The molecule has 0 fully saturated rings. The zero-order valence-corrected chi connectivity index (χ0v) is 8.51. The van der Waals surface area contributed by atoms with Gasteiger partial charge in [-0.25, -0.2) is 0 Å². The second-order valence-corrected chi connectivity index (χ2v) is 3.11. The zero-order chi connectivity index (χ0) is 12.3. The molecule has 1 rings (SSSR count). The Hall–Kier alpha value is -1.73. The van der Waals surface area contributed by atoms with Crippen molar-refractivity contribution in [3.05, 3.63) is 11.9 Å². The van der Waals surface area contributed by atoms with Crippen LogP contribution in [0.4, 0.5) is 18.9 Å². The highest BCUT2D eigenvalue weighted by Crippen LogP contribution is 2.18. The molecule has 0 aliphatic rings. The van der Waals surface area contributed by atoms with Crippen molar-refractivity contribution < 1.29 is 18.0 Å². The fraction of sp³-hybridized carbons (Fsp3) is 0.500. The number of carbonyl (C=O) groups excluding carboxylic acids is 1. The number of carbonyl (C=O) groups is 1. The van der Waals surface area contributed by atoms with Crippen LogP contribution in [0.2, 0.25) is 0 Å². The second kappa shape index (κ2) is 4.42. The molecule has 0 aromatic carbocycles. The number of nitrogens with one attached hydrogen (secondary N) is 1. The highest BCUT2D eigenvalue weighted by molar-refractivity contribution is 5.96. The van der Waals surface area contributed by atoms with Crippen molar-refractivity contribution >= 4 is 11.6 Å². The van der Waals surface area contributed by atoms with E-state index < -0.39 is 18.6 Å². The maximum Gasteiger partial charge on any atom is 0.408 e. The van der Waals surface area contributed by atoms with E-state index in [1.165, 1.54) is 0 Å². The van der Waals surface area contributed by atoms with E-state index in [0.717, 1.165) is 6.20 Å². The van der Waals surface area contributed by atoms with Crippen molar-refractivity contribution in [2.24, 2.45) is 0 Å². The first-order chi connectivity index (χ1) is 7.33. The summed E-state index contributed by atoms with van der Waals surface area (Å²) in [4.78, 5) is 11.3. The fourth-order valence-corrected chi connectivity index (χ4v) is 1.12. The van der Waals surface area contributed by atoms with Crippen LogP contribution < -0.4 is 11.1 Å². The van der Waals surface area contributed by atoms with Gasteiger partial charge in [-0.05, 0) is 6.92 Å². The van der Waals surface area contributed by atoms with Gasteiger partial charge < -0.3 is 11.1 Å². The molecule has 3 N–H and O–H groups in total. The number of amides is 1. The summed E-state index contributed by atoms with van der Waals surface area (Å²) in [6, 6.07) is 0. The van der Waals surface area contributed by atoms with Gasteiger partial charge in [0.05, 0.1) is 5.69 Å². The molecule has 1 amide bonds. The number of anilines is 1. The monoisotopic (exact) mass is 236 g/mol. The minimum absolute atomic E-state index is 0.0739. The minimum atomic E-state index is -4.39. The van der Waals surface area contributed by atoms with Crippen LogP contribution in [0.15, 0.2) is 6.20 Å². The van der Waals surface area contributed by atoms with E-state index in [9.17, 15) is 18.0 Å². The average molecular weight is 236 g/mol. The molecule has 5 nitrogen and oxygen atoms in total. The molecule has 90 valence electrons. The summed E-state index contributed by atoms with van der Waals surface area (Å²) in [7, 11) is 0. The van der Waals surface area contributed by atoms with Crippen LogP contribution in [0.1, 0.15) is 17.4 Å². The van der Waals surface area contributed by atoms with E-state index in [2.05, 4.69) is 10.4 Å². The summed E-state index contributed by atoms with van der Waals surface area (Å²) in [5, 5.41) is 5.88. The van der Waals surface area contributed by atoms with E-state index >= 15 is 0 Å². The van der Waals surface area contributed by atoms with Gasteiger partial charge >= 0.3 is 6.18 Å². The highest BCUT2D eigenvalue weighted by Gasteiger charge is 2.29. The number of rotatable bonds is 3. The molecule has 16 heavy (non-hydrogen) atoms. The van der Waals surface area contributed by atoms with Gasteiger partial charge in [0.15, 0.2) is 5.69 Å². The first kappa shape index (κ1) is 12.3. The smallest absolute Gasteiger partial charge is 0.396 e. The maximum atomic E-state index is 12.0. The van der Waals surface area contributed by atoms with E-state index in [0.29, 0.717) is 11.2 Å². The Morgan fingerprint density at radius 3 is 2.75 bits per heavy atom. The first-order valence-corrected chi connectivity index (χ1v) is 4.51. The zero-order valence-electron chi connectivity index (χ0n) is 8.51. The van der Waals surface area contributed by atoms with Crippen molar-refractivity contribution in [2.75, 3.05) is 12.3 Å². The molecule has 0 saturated carbocycles. The van der Waals surface area contributed by atoms with Crippen molar-refractivity contribution in [3.63, 3.8) is 0 Å². The van der Waals surface area contributed by atoms with Crippen LogP contribution in [-0.4, -0.2) is 28.4 Å². The molecule has 1 heterocycles. The van der Waals surface area contributed by atoms with Crippen LogP contribution in [0.5, 0.6) is 0 Å². The summed E-state index contributed by atoms with van der Waals surface area (Å²) in [5.41, 5.74) is 5.12. The topological polar surface area (TPSA) is 72.9 Å². The molecule has 0 atom stereocenters. The second-order valence-electron chi connectivity index (χ2n) is 3.11. The molecular weight excluding hydrogens is 225 g/mol. The SMILES string of the molecule is CCNC(=O)c1nn(CC(F)(F)F)cc1N. The fourth-order valence-electron chi connectivity index (χ4n) is 1.12. The standard InChI is InChI=1S/C8H11F3N4O/c1-2-13-7(16)6-5(12)3-15(14-6)4-8(9,10)11/h3H,2,4,12H2,1H3,(H,13,16). The molecule has 1 aromatic heterocycles. The molecule has 0 radical (unpaired) electrons. The van der Waals surface area contributed by atoms with Crippen LogP contribution in [0.3, 0.4) is 0 Å². The summed E-state index contributed by atoms with van der Waals surface area (Å²) >= 11 is 0.